The Labute approximate surface area is 242 Å². The molecule has 204 valence electrons. The van der Waals surface area contributed by atoms with Crippen molar-refractivity contribution in [3.8, 4) is 0 Å². The standard InChI is InChI=1S/C34H28N2O4S/c1-2-40-34(39)25-14-16-28(17-15-25)36-33(38)31(24-9-4-3-5-10-24)41-30-20-18-29(19-21-30)35-32(37)27-13-12-23-8-6-7-11-26(23)22-27/h3-22,31H,2H2,1H3,(H,35,37)(H,36,38). The van der Waals surface area contributed by atoms with E-state index in [2.05, 4.69) is 10.6 Å². The molecule has 5 rings (SSSR count). The highest BCUT2D eigenvalue weighted by molar-refractivity contribution is 8.00. The minimum Gasteiger partial charge on any atom is -0.462 e. The molecule has 41 heavy (non-hydrogen) atoms. The van der Waals surface area contributed by atoms with E-state index in [1.165, 1.54) is 11.8 Å². The predicted octanol–water partition coefficient (Wildman–Crippen LogP) is 7.74. The Bertz CT molecular complexity index is 1670. The van der Waals surface area contributed by atoms with Crippen LogP contribution in [0.5, 0.6) is 0 Å². The molecule has 0 spiro atoms. The average molecular weight is 561 g/mol. The summed E-state index contributed by atoms with van der Waals surface area (Å²) in [6, 6.07) is 37.1. The van der Waals surface area contributed by atoms with E-state index in [1.54, 1.807) is 31.2 Å². The quantitative estimate of drug-likeness (QED) is 0.142. The summed E-state index contributed by atoms with van der Waals surface area (Å²) in [5.41, 5.74) is 3.10. The number of nitrogens with one attached hydrogen (secondary N) is 2. The van der Waals surface area contributed by atoms with Gasteiger partial charge in [0.2, 0.25) is 5.91 Å². The van der Waals surface area contributed by atoms with Gasteiger partial charge in [0.05, 0.1) is 12.2 Å². The monoisotopic (exact) mass is 560 g/mol. The third-order valence-electron chi connectivity index (χ3n) is 6.38. The number of hydrogen-bond acceptors (Lipinski definition) is 5. The first kappa shape index (κ1) is 27.7. The van der Waals surface area contributed by atoms with Gasteiger partial charge in [-0.1, -0.05) is 60.7 Å². The van der Waals surface area contributed by atoms with Crippen molar-refractivity contribution >= 4 is 51.7 Å². The van der Waals surface area contributed by atoms with Crippen LogP contribution in [0.3, 0.4) is 0 Å². The molecule has 0 bridgehead atoms. The lowest BCUT2D eigenvalue weighted by molar-refractivity contribution is -0.115. The maximum absolute atomic E-state index is 13.4. The van der Waals surface area contributed by atoms with Gasteiger partial charge < -0.3 is 15.4 Å². The highest BCUT2D eigenvalue weighted by Crippen LogP contribution is 2.37. The summed E-state index contributed by atoms with van der Waals surface area (Å²) in [4.78, 5) is 39.1. The number of anilines is 2. The van der Waals surface area contributed by atoms with E-state index in [9.17, 15) is 14.4 Å². The molecule has 2 N–H and O–H groups in total. The van der Waals surface area contributed by atoms with E-state index < -0.39 is 11.2 Å². The maximum Gasteiger partial charge on any atom is 0.338 e. The molecule has 0 aliphatic carbocycles. The van der Waals surface area contributed by atoms with Crippen LogP contribution in [0, 0.1) is 0 Å². The number of benzene rings is 5. The highest BCUT2D eigenvalue weighted by Gasteiger charge is 2.22. The second-order valence-corrected chi connectivity index (χ2v) is 10.4. The zero-order chi connectivity index (χ0) is 28.6. The van der Waals surface area contributed by atoms with Crippen molar-refractivity contribution in [1.82, 2.24) is 0 Å². The van der Waals surface area contributed by atoms with E-state index in [-0.39, 0.29) is 11.8 Å². The van der Waals surface area contributed by atoms with Crippen molar-refractivity contribution < 1.29 is 19.1 Å². The Balaban J connectivity index is 1.27. The molecule has 0 saturated carbocycles. The summed E-state index contributed by atoms with van der Waals surface area (Å²) in [7, 11) is 0. The van der Waals surface area contributed by atoms with E-state index in [4.69, 9.17) is 4.74 Å². The third kappa shape index (κ3) is 7.01. The van der Waals surface area contributed by atoms with Crippen LogP contribution in [0.1, 0.15) is 38.5 Å². The summed E-state index contributed by atoms with van der Waals surface area (Å²) in [6.45, 7) is 2.05. The number of thioether (sulfide) groups is 1. The molecule has 0 saturated heterocycles. The van der Waals surface area contributed by atoms with E-state index >= 15 is 0 Å². The van der Waals surface area contributed by atoms with Gasteiger partial charge in [0.1, 0.15) is 5.25 Å². The van der Waals surface area contributed by atoms with E-state index in [0.29, 0.717) is 29.1 Å². The van der Waals surface area contributed by atoms with Crippen LogP contribution in [0.25, 0.3) is 10.8 Å². The lowest BCUT2D eigenvalue weighted by Gasteiger charge is -2.17. The molecular formula is C34H28N2O4S. The second kappa shape index (κ2) is 13.0. The summed E-state index contributed by atoms with van der Waals surface area (Å²) in [5, 5.41) is 7.47. The van der Waals surface area contributed by atoms with Gasteiger partial charge in [0.25, 0.3) is 5.91 Å². The van der Waals surface area contributed by atoms with Crippen LogP contribution in [0.4, 0.5) is 11.4 Å². The van der Waals surface area contributed by atoms with Crippen LogP contribution in [-0.2, 0) is 9.53 Å². The van der Waals surface area contributed by atoms with Gasteiger partial charge >= 0.3 is 5.97 Å². The van der Waals surface area contributed by atoms with Crippen molar-refractivity contribution in [1.29, 1.82) is 0 Å². The predicted molar refractivity (Wildman–Crippen MR) is 164 cm³/mol. The fourth-order valence-electron chi connectivity index (χ4n) is 4.30. The van der Waals surface area contributed by atoms with Crippen molar-refractivity contribution in [3.63, 3.8) is 0 Å². The van der Waals surface area contributed by atoms with E-state index in [1.807, 2.05) is 97.1 Å². The van der Waals surface area contributed by atoms with Crippen LogP contribution < -0.4 is 10.6 Å². The number of carbonyl (C=O) groups excluding carboxylic acids is 3. The molecule has 0 aliphatic rings. The molecule has 0 radical (unpaired) electrons. The minimum absolute atomic E-state index is 0.188. The van der Waals surface area contributed by atoms with Crippen LogP contribution >= 0.6 is 11.8 Å². The molecule has 0 aromatic heterocycles. The first-order chi connectivity index (χ1) is 20.0. The van der Waals surface area contributed by atoms with Gasteiger partial charge in [-0.3, -0.25) is 9.59 Å². The molecular weight excluding hydrogens is 532 g/mol. The lowest BCUT2D eigenvalue weighted by Crippen LogP contribution is -2.19. The first-order valence-electron chi connectivity index (χ1n) is 13.2. The van der Waals surface area contributed by atoms with Crippen LogP contribution in [-0.4, -0.2) is 24.4 Å². The summed E-state index contributed by atoms with van der Waals surface area (Å²) in [6.07, 6.45) is 0. The average Bonchev–Trinajstić information content (AvgIpc) is 3.01. The Hall–Kier alpha value is -4.88. The SMILES string of the molecule is CCOC(=O)c1ccc(NC(=O)C(Sc2ccc(NC(=O)c3ccc4ccccc4c3)cc2)c2ccccc2)cc1. The number of hydrogen-bond donors (Lipinski definition) is 2. The molecule has 0 fully saturated rings. The van der Waals surface area contributed by atoms with Gasteiger partial charge in [-0.15, -0.1) is 11.8 Å². The largest absolute Gasteiger partial charge is 0.462 e. The number of carbonyl (C=O) groups is 3. The fourth-order valence-corrected chi connectivity index (χ4v) is 5.32. The lowest BCUT2D eigenvalue weighted by atomic mass is 10.1. The smallest absolute Gasteiger partial charge is 0.338 e. The zero-order valence-corrected chi connectivity index (χ0v) is 23.2. The topological polar surface area (TPSA) is 84.5 Å². The third-order valence-corrected chi connectivity index (χ3v) is 7.65. The number of fused-ring (bicyclic) bond motifs is 1. The van der Waals surface area contributed by atoms with Gasteiger partial charge in [0.15, 0.2) is 0 Å². The molecule has 2 amide bonds. The number of amides is 2. The highest BCUT2D eigenvalue weighted by atomic mass is 32.2. The van der Waals surface area contributed by atoms with E-state index in [0.717, 1.165) is 21.2 Å². The fraction of sp³-hybridized carbons (Fsp3) is 0.0882. The van der Waals surface area contributed by atoms with Gasteiger partial charge in [-0.05, 0) is 83.9 Å². The van der Waals surface area contributed by atoms with Gasteiger partial charge in [-0.25, -0.2) is 4.79 Å². The molecule has 5 aromatic carbocycles. The van der Waals surface area contributed by atoms with Gasteiger partial charge in [-0.2, -0.15) is 0 Å². The molecule has 1 unspecified atom stereocenters. The Morgan fingerprint density at radius 2 is 1.29 bits per heavy atom. The molecule has 5 aromatic rings. The zero-order valence-electron chi connectivity index (χ0n) is 22.4. The van der Waals surface area contributed by atoms with Crippen LogP contribution in [0.2, 0.25) is 0 Å². The van der Waals surface area contributed by atoms with Crippen molar-refractivity contribution in [3.05, 3.63) is 138 Å². The molecule has 0 aliphatic heterocycles. The molecule has 1 atom stereocenters. The summed E-state index contributed by atoms with van der Waals surface area (Å²) in [5.74, 6) is -0.787. The van der Waals surface area contributed by atoms with Crippen LogP contribution in [0.15, 0.2) is 126 Å². The molecule has 0 heterocycles. The Morgan fingerprint density at radius 1 is 0.683 bits per heavy atom. The maximum atomic E-state index is 13.4. The van der Waals surface area contributed by atoms with Gasteiger partial charge in [0, 0.05) is 21.8 Å². The first-order valence-corrected chi connectivity index (χ1v) is 14.1. The molecule has 6 nitrogen and oxygen atoms in total. The van der Waals surface area contributed by atoms with Crippen molar-refractivity contribution in [2.45, 2.75) is 17.1 Å². The normalized spacial score (nSPS) is 11.4. The Kier molecular flexibility index (Phi) is 8.76. The number of rotatable bonds is 9. The number of esters is 1. The van der Waals surface area contributed by atoms with Crippen molar-refractivity contribution in [2.24, 2.45) is 0 Å². The Morgan fingerprint density at radius 3 is 2.00 bits per heavy atom. The number of ether oxygens (including phenoxy) is 1. The summed E-state index contributed by atoms with van der Waals surface area (Å²) >= 11 is 1.41. The van der Waals surface area contributed by atoms with Crippen molar-refractivity contribution in [2.75, 3.05) is 17.2 Å². The molecule has 7 heteroatoms. The minimum atomic E-state index is -0.529. The second-order valence-electron chi connectivity index (χ2n) is 9.24. The summed E-state index contributed by atoms with van der Waals surface area (Å²) < 4.78 is 5.03.